The highest BCUT2D eigenvalue weighted by Gasteiger charge is 2.07. The van der Waals surface area contributed by atoms with E-state index < -0.39 is 0 Å². The topological polar surface area (TPSA) is 33.1 Å². The van der Waals surface area contributed by atoms with Crippen LogP contribution in [-0.4, -0.2) is 10.1 Å². The van der Waals surface area contributed by atoms with Crippen molar-refractivity contribution in [3.63, 3.8) is 0 Å². The summed E-state index contributed by atoms with van der Waals surface area (Å²) in [6.45, 7) is 1.94. The van der Waals surface area contributed by atoms with Gasteiger partial charge in [0.05, 0.1) is 5.69 Å². The summed E-state index contributed by atoms with van der Waals surface area (Å²) < 4.78 is 0. The summed E-state index contributed by atoms with van der Waals surface area (Å²) in [4.78, 5) is 4.60. The van der Waals surface area contributed by atoms with E-state index in [1.54, 1.807) is 6.07 Å². The second kappa shape index (κ2) is 6.67. The van der Waals surface area contributed by atoms with Crippen LogP contribution in [-0.2, 0) is 0 Å². The third kappa shape index (κ3) is 3.61. The molecule has 0 aliphatic carbocycles. The molecule has 1 heterocycles. The van der Waals surface area contributed by atoms with Crippen molar-refractivity contribution in [1.82, 2.24) is 4.98 Å². The first kappa shape index (κ1) is 15.3. The maximum Gasteiger partial charge on any atom is 0.123 e. The van der Waals surface area contributed by atoms with Gasteiger partial charge in [-0.25, -0.2) is 0 Å². The highest BCUT2D eigenvalue weighted by atomic mass is 35.5. The fourth-order valence-corrected chi connectivity index (χ4v) is 2.65. The molecule has 0 atom stereocenters. The number of aromatic nitrogens is 1. The van der Waals surface area contributed by atoms with E-state index in [0.717, 1.165) is 28.1 Å². The normalized spacial score (nSPS) is 11.0. The van der Waals surface area contributed by atoms with Crippen LogP contribution in [0.5, 0.6) is 5.75 Å². The van der Waals surface area contributed by atoms with Crippen molar-refractivity contribution in [2.24, 2.45) is 0 Å². The minimum absolute atomic E-state index is 0.264. The van der Waals surface area contributed by atoms with Gasteiger partial charge in [-0.3, -0.25) is 4.98 Å². The van der Waals surface area contributed by atoms with Crippen LogP contribution >= 0.6 is 11.6 Å². The zero-order chi connectivity index (χ0) is 16.2. The molecule has 0 fully saturated rings. The van der Waals surface area contributed by atoms with Crippen molar-refractivity contribution in [3.8, 4) is 16.9 Å². The van der Waals surface area contributed by atoms with E-state index in [1.165, 1.54) is 0 Å². The molecule has 3 heteroatoms. The van der Waals surface area contributed by atoms with E-state index in [-0.39, 0.29) is 5.75 Å². The van der Waals surface area contributed by atoms with E-state index in [0.29, 0.717) is 5.02 Å². The number of aryl methyl sites for hydroxylation is 1. The number of halogens is 1. The molecule has 0 spiro atoms. The maximum atomic E-state index is 9.98. The van der Waals surface area contributed by atoms with Crippen molar-refractivity contribution >= 4 is 23.8 Å². The van der Waals surface area contributed by atoms with Crippen molar-refractivity contribution in [1.29, 1.82) is 0 Å². The Bertz CT molecular complexity index is 871. The molecular weight excluding hydrogens is 306 g/mol. The van der Waals surface area contributed by atoms with Crippen LogP contribution < -0.4 is 0 Å². The Morgan fingerprint density at radius 3 is 2.48 bits per heavy atom. The molecule has 3 rings (SSSR count). The van der Waals surface area contributed by atoms with Crippen LogP contribution in [0.25, 0.3) is 23.3 Å². The number of rotatable bonds is 3. The zero-order valence-corrected chi connectivity index (χ0v) is 13.5. The van der Waals surface area contributed by atoms with Crippen LogP contribution in [0.15, 0.2) is 60.7 Å². The predicted molar refractivity (Wildman–Crippen MR) is 96.5 cm³/mol. The Hall–Kier alpha value is -2.58. The summed E-state index contributed by atoms with van der Waals surface area (Å²) in [5.41, 5.74) is 4.49. The predicted octanol–water partition coefficient (Wildman–Crippen LogP) is 5.59. The number of phenolic OH excluding ortho intramolecular Hbond substituents is 1. The highest BCUT2D eigenvalue weighted by molar-refractivity contribution is 6.30. The Balaban J connectivity index is 1.89. The fraction of sp³-hybridized carbons (Fsp3) is 0.0500. The van der Waals surface area contributed by atoms with Crippen molar-refractivity contribution in [3.05, 3.63) is 82.6 Å². The van der Waals surface area contributed by atoms with Gasteiger partial charge in [-0.05, 0) is 42.8 Å². The monoisotopic (exact) mass is 321 g/mol. The zero-order valence-electron chi connectivity index (χ0n) is 12.7. The summed E-state index contributed by atoms with van der Waals surface area (Å²) in [6.07, 6.45) is 3.93. The average molecular weight is 322 g/mol. The van der Waals surface area contributed by atoms with Crippen molar-refractivity contribution in [2.45, 2.75) is 6.92 Å². The molecule has 2 nitrogen and oxygen atoms in total. The second-order valence-corrected chi connectivity index (χ2v) is 5.71. The average Bonchev–Trinajstić information content (AvgIpc) is 2.54. The molecule has 3 aromatic rings. The molecule has 114 valence electrons. The lowest BCUT2D eigenvalue weighted by atomic mass is 10.0. The Morgan fingerprint density at radius 1 is 0.913 bits per heavy atom. The van der Waals surface area contributed by atoms with Crippen LogP contribution in [0.3, 0.4) is 0 Å². The van der Waals surface area contributed by atoms with Gasteiger partial charge in [0.25, 0.3) is 0 Å². The van der Waals surface area contributed by atoms with Gasteiger partial charge in [-0.2, -0.15) is 0 Å². The van der Waals surface area contributed by atoms with Crippen LogP contribution in [0.4, 0.5) is 0 Å². The lowest BCUT2D eigenvalue weighted by molar-refractivity contribution is 0.477. The van der Waals surface area contributed by atoms with E-state index in [1.807, 2.05) is 73.7 Å². The first-order valence-corrected chi connectivity index (χ1v) is 7.71. The molecule has 0 amide bonds. The third-order valence-corrected chi connectivity index (χ3v) is 3.83. The van der Waals surface area contributed by atoms with E-state index in [2.05, 4.69) is 4.98 Å². The number of para-hydroxylation sites is 1. The van der Waals surface area contributed by atoms with Gasteiger partial charge in [0, 0.05) is 21.8 Å². The minimum atomic E-state index is 0.264. The molecule has 2 aromatic carbocycles. The van der Waals surface area contributed by atoms with Crippen LogP contribution in [0.1, 0.15) is 17.0 Å². The standard InChI is InChI=1S/C20H16ClNO/c1-14-18(19-7-2-3-8-20(19)23)12-11-17(22-14)10-9-15-5-4-6-16(21)13-15/h2-13,23H,1H3. The molecule has 0 unspecified atom stereocenters. The molecule has 0 saturated heterocycles. The molecule has 1 N–H and O–H groups in total. The van der Waals surface area contributed by atoms with Gasteiger partial charge in [0.1, 0.15) is 5.75 Å². The quantitative estimate of drug-likeness (QED) is 0.682. The lowest BCUT2D eigenvalue weighted by Crippen LogP contribution is -1.90. The number of phenols is 1. The molecule has 0 saturated carbocycles. The van der Waals surface area contributed by atoms with E-state index >= 15 is 0 Å². The Labute approximate surface area is 140 Å². The molecule has 0 radical (unpaired) electrons. The summed E-state index contributed by atoms with van der Waals surface area (Å²) >= 11 is 5.98. The first-order chi connectivity index (χ1) is 11.1. The molecule has 0 bridgehead atoms. The second-order valence-electron chi connectivity index (χ2n) is 5.27. The van der Waals surface area contributed by atoms with Gasteiger partial charge in [0.15, 0.2) is 0 Å². The number of pyridine rings is 1. The van der Waals surface area contributed by atoms with Crippen molar-refractivity contribution < 1.29 is 5.11 Å². The number of hydrogen-bond acceptors (Lipinski definition) is 2. The fourth-order valence-electron chi connectivity index (χ4n) is 2.45. The maximum absolute atomic E-state index is 9.98. The van der Waals surface area contributed by atoms with Crippen LogP contribution in [0, 0.1) is 6.92 Å². The minimum Gasteiger partial charge on any atom is -0.507 e. The Morgan fingerprint density at radius 2 is 1.74 bits per heavy atom. The van der Waals surface area contributed by atoms with Gasteiger partial charge in [0.2, 0.25) is 0 Å². The van der Waals surface area contributed by atoms with Gasteiger partial charge < -0.3 is 5.11 Å². The molecule has 1 aromatic heterocycles. The molecular formula is C20H16ClNO. The largest absolute Gasteiger partial charge is 0.507 e. The summed E-state index contributed by atoms with van der Waals surface area (Å²) in [7, 11) is 0. The summed E-state index contributed by atoms with van der Waals surface area (Å²) in [5.74, 6) is 0.264. The van der Waals surface area contributed by atoms with Crippen LogP contribution in [0.2, 0.25) is 5.02 Å². The SMILES string of the molecule is Cc1nc(C=Cc2cccc(Cl)c2)ccc1-c1ccccc1O. The molecule has 23 heavy (non-hydrogen) atoms. The van der Waals surface area contributed by atoms with Gasteiger partial charge >= 0.3 is 0 Å². The molecule has 0 aliphatic rings. The number of benzene rings is 2. The number of aromatic hydroxyl groups is 1. The number of hydrogen-bond donors (Lipinski definition) is 1. The smallest absolute Gasteiger partial charge is 0.123 e. The third-order valence-electron chi connectivity index (χ3n) is 3.60. The highest BCUT2D eigenvalue weighted by Crippen LogP contribution is 2.30. The summed E-state index contributed by atoms with van der Waals surface area (Å²) in [5, 5.41) is 10.7. The summed E-state index contributed by atoms with van der Waals surface area (Å²) in [6, 6.07) is 18.9. The van der Waals surface area contributed by atoms with Gasteiger partial charge in [-0.1, -0.05) is 54.1 Å². The van der Waals surface area contributed by atoms with E-state index in [9.17, 15) is 5.11 Å². The number of nitrogens with zero attached hydrogens (tertiary/aromatic N) is 1. The first-order valence-electron chi connectivity index (χ1n) is 7.33. The van der Waals surface area contributed by atoms with Crippen molar-refractivity contribution in [2.75, 3.05) is 0 Å². The van der Waals surface area contributed by atoms with E-state index in [4.69, 9.17) is 11.6 Å². The van der Waals surface area contributed by atoms with Gasteiger partial charge in [-0.15, -0.1) is 0 Å². The Kier molecular flexibility index (Phi) is 4.45. The lowest BCUT2D eigenvalue weighted by Gasteiger charge is -2.08. The molecule has 0 aliphatic heterocycles.